The van der Waals surface area contributed by atoms with Crippen LogP contribution >= 0.6 is 23.1 Å². The summed E-state index contributed by atoms with van der Waals surface area (Å²) in [7, 11) is 4.96. The predicted octanol–water partition coefficient (Wildman–Crippen LogP) is 3.88. The van der Waals surface area contributed by atoms with E-state index in [1.54, 1.807) is 23.3 Å². The summed E-state index contributed by atoms with van der Waals surface area (Å²) < 4.78 is 18.8. The summed E-state index contributed by atoms with van der Waals surface area (Å²) in [6.45, 7) is 6.72. The van der Waals surface area contributed by atoms with Gasteiger partial charge in [0.15, 0.2) is 11.0 Å². The second-order valence-corrected chi connectivity index (χ2v) is 14.3. The minimum atomic E-state index is -1.26. The van der Waals surface area contributed by atoms with Gasteiger partial charge in [0, 0.05) is 53.2 Å². The molecule has 0 bridgehead atoms. The molecule has 4 rings (SSSR count). The Labute approximate surface area is 291 Å². The van der Waals surface area contributed by atoms with Gasteiger partial charge in [-0.2, -0.15) is 0 Å². The number of ether oxygens (including phenoxy) is 3. The summed E-state index contributed by atoms with van der Waals surface area (Å²) >= 11 is 2.93. The lowest BCUT2D eigenvalue weighted by molar-refractivity contribution is -0.139. The first-order valence-electron chi connectivity index (χ1n) is 16.3. The summed E-state index contributed by atoms with van der Waals surface area (Å²) in [5.74, 6) is 1.10. The summed E-state index contributed by atoms with van der Waals surface area (Å²) in [5, 5.41) is 33.0. The van der Waals surface area contributed by atoms with Gasteiger partial charge in [-0.1, -0.05) is 43.8 Å². The Bertz CT molecular complexity index is 1450. The van der Waals surface area contributed by atoms with Crippen LogP contribution in [0.5, 0.6) is 5.75 Å². The van der Waals surface area contributed by atoms with Crippen molar-refractivity contribution >= 4 is 34.9 Å². The molecule has 1 aromatic carbocycles. The van der Waals surface area contributed by atoms with E-state index in [4.69, 9.17) is 14.2 Å². The van der Waals surface area contributed by atoms with Crippen LogP contribution in [0.15, 0.2) is 46.9 Å². The maximum Gasteiger partial charge on any atom is 0.233 e. The minimum Gasteiger partial charge on any atom is -0.497 e. The molecule has 5 atom stereocenters. The van der Waals surface area contributed by atoms with Crippen molar-refractivity contribution in [2.45, 2.75) is 63.1 Å². The Balaban J connectivity index is 1.73. The molecule has 12 nitrogen and oxygen atoms in total. The Kier molecular flexibility index (Phi) is 14.3. The van der Waals surface area contributed by atoms with Crippen LogP contribution in [0.2, 0.25) is 0 Å². The molecule has 1 aliphatic heterocycles. The number of aliphatic hydroxyl groups is 2. The third kappa shape index (κ3) is 9.57. The number of carbonyl (C=O) groups excluding carboxylic acids is 2. The van der Waals surface area contributed by atoms with Gasteiger partial charge in [0.05, 0.1) is 30.4 Å². The maximum atomic E-state index is 14.4. The fourth-order valence-corrected chi connectivity index (χ4v) is 7.55. The van der Waals surface area contributed by atoms with Crippen molar-refractivity contribution in [3.63, 3.8) is 0 Å². The van der Waals surface area contributed by atoms with E-state index in [0.717, 1.165) is 16.3 Å². The van der Waals surface area contributed by atoms with Crippen molar-refractivity contribution in [1.82, 2.24) is 24.6 Å². The first-order valence-corrected chi connectivity index (χ1v) is 18.1. The SMILES string of the molecule is COc1cccc([C@@H]2[C@@H](C(C)C)CN(C(C)=O)C[C@H](OC)[C@@H](O)[C@@H](O)COCCCCN2C(=O)CSc2nnc(-c3cccs3)n2C)c1. The molecule has 3 aromatic rings. The van der Waals surface area contributed by atoms with E-state index < -0.39 is 24.4 Å². The number of amides is 2. The lowest BCUT2D eigenvalue weighted by Crippen LogP contribution is -2.51. The number of aliphatic hydroxyl groups excluding tert-OH is 2. The number of thioether (sulfide) groups is 1. The van der Waals surface area contributed by atoms with Crippen molar-refractivity contribution in [2.75, 3.05) is 52.8 Å². The zero-order valence-corrected chi connectivity index (χ0v) is 30.3. The molecule has 2 aromatic heterocycles. The maximum absolute atomic E-state index is 14.4. The van der Waals surface area contributed by atoms with Gasteiger partial charge in [0.1, 0.15) is 24.1 Å². The van der Waals surface area contributed by atoms with Gasteiger partial charge in [-0.3, -0.25) is 9.59 Å². The molecule has 2 amide bonds. The van der Waals surface area contributed by atoms with E-state index in [-0.39, 0.29) is 42.6 Å². The zero-order chi connectivity index (χ0) is 34.8. The van der Waals surface area contributed by atoms with Crippen LogP contribution < -0.4 is 4.74 Å². The molecule has 1 saturated heterocycles. The van der Waals surface area contributed by atoms with Crippen LogP contribution in [-0.2, 0) is 26.1 Å². The lowest BCUT2D eigenvalue weighted by atomic mass is 9.82. The number of rotatable bonds is 8. The smallest absolute Gasteiger partial charge is 0.233 e. The molecule has 3 heterocycles. The molecular weight excluding hydrogens is 655 g/mol. The summed E-state index contributed by atoms with van der Waals surface area (Å²) in [5.41, 5.74) is 0.896. The average Bonchev–Trinajstić information content (AvgIpc) is 3.74. The molecule has 1 aliphatic rings. The minimum absolute atomic E-state index is 0.0358. The molecule has 48 heavy (non-hydrogen) atoms. The number of thiophene rings is 1. The van der Waals surface area contributed by atoms with Crippen LogP contribution in [-0.4, -0.2) is 118 Å². The molecular formula is C34H49N5O7S2. The molecule has 2 N–H and O–H groups in total. The number of hydrogen-bond acceptors (Lipinski definition) is 11. The Morgan fingerprint density at radius 1 is 1.12 bits per heavy atom. The fourth-order valence-electron chi connectivity index (χ4n) is 6.01. The monoisotopic (exact) mass is 703 g/mol. The Hall–Kier alpha value is -3.01. The number of methoxy groups -OCH3 is 2. The topological polar surface area (TPSA) is 139 Å². The quantitative estimate of drug-likeness (QED) is 0.333. The fraction of sp³-hybridized carbons (Fsp3) is 0.588. The molecule has 0 spiro atoms. The van der Waals surface area contributed by atoms with Gasteiger partial charge in [-0.25, -0.2) is 0 Å². The third-order valence-electron chi connectivity index (χ3n) is 8.84. The standard InChI is InChI=1S/C34H49N5O7S2/c1-22(2)26-18-38(23(3)40)19-28(45-6)32(43)27(41)20-46-15-8-7-14-39(31(26)24-11-9-12-25(17-24)44-5)30(42)21-48-34-36-35-33(37(34)4)29-13-10-16-47-29/h9-13,16-17,22,26-28,31-32,41,43H,7-8,14-15,18-21H2,1-6H3/t26-,27+,28+,31-,32+/m1/s1. The van der Waals surface area contributed by atoms with Gasteiger partial charge in [0.25, 0.3) is 0 Å². The summed E-state index contributed by atoms with van der Waals surface area (Å²) in [6, 6.07) is 11.3. The normalized spacial score (nSPS) is 23.5. The molecule has 0 unspecified atom stereocenters. The van der Waals surface area contributed by atoms with Crippen LogP contribution in [0.25, 0.3) is 10.7 Å². The average molecular weight is 704 g/mol. The zero-order valence-electron chi connectivity index (χ0n) is 28.7. The first-order chi connectivity index (χ1) is 23.0. The molecule has 1 fully saturated rings. The van der Waals surface area contributed by atoms with Crippen molar-refractivity contribution in [3.8, 4) is 16.5 Å². The van der Waals surface area contributed by atoms with Crippen molar-refractivity contribution in [3.05, 3.63) is 47.3 Å². The molecule has 14 heteroatoms. The number of benzene rings is 1. The van der Waals surface area contributed by atoms with Gasteiger partial charge in [-0.15, -0.1) is 21.5 Å². The molecule has 0 aliphatic carbocycles. The Morgan fingerprint density at radius 2 is 1.92 bits per heavy atom. The highest BCUT2D eigenvalue weighted by molar-refractivity contribution is 7.99. The second kappa shape index (κ2) is 18.1. The number of hydrogen-bond donors (Lipinski definition) is 2. The highest BCUT2D eigenvalue weighted by Gasteiger charge is 2.37. The van der Waals surface area contributed by atoms with E-state index in [2.05, 4.69) is 24.0 Å². The largest absolute Gasteiger partial charge is 0.497 e. The van der Waals surface area contributed by atoms with Crippen LogP contribution in [0.1, 0.15) is 45.2 Å². The number of aromatic nitrogens is 3. The van der Waals surface area contributed by atoms with Gasteiger partial charge in [0.2, 0.25) is 11.8 Å². The third-order valence-corrected chi connectivity index (χ3v) is 10.7. The number of carbonyl (C=O) groups is 2. The van der Waals surface area contributed by atoms with Crippen LogP contribution in [0, 0.1) is 11.8 Å². The van der Waals surface area contributed by atoms with Crippen molar-refractivity contribution in [2.24, 2.45) is 18.9 Å². The van der Waals surface area contributed by atoms with Crippen LogP contribution in [0.4, 0.5) is 0 Å². The van der Waals surface area contributed by atoms with Crippen LogP contribution in [0.3, 0.4) is 0 Å². The van der Waals surface area contributed by atoms with Crippen molar-refractivity contribution in [1.29, 1.82) is 0 Å². The molecule has 0 saturated carbocycles. The van der Waals surface area contributed by atoms with E-state index >= 15 is 0 Å². The van der Waals surface area contributed by atoms with Gasteiger partial charge >= 0.3 is 0 Å². The number of nitrogens with zero attached hydrogens (tertiary/aromatic N) is 5. The summed E-state index contributed by atoms with van der Waals surface area (Å²) in [6.07, 6.45) is -2.01. The second-order valence-electron chi connectivity index (χ2n) is 12.4. The van der Waals surface area contributed by atoms with Crippen molar-refractivity contribution < 1.29 is 34.0 Å². The highest BCUT2D eigenvalue weighted by atomic mass is 32.2. The van der Waals surface area contributed by atoms with E-state index in [1.807, 2.05) is 58.3 Å². The molecule has 264 valence electrons. The first kappa shape index (κ1) is 37.8. The Morgan fingerprint density at radius 3 is 2.58 bits per heavy atom. The highest BCUT2D eigenvalue weighted by Crippen LogP contribution is 2.37. The predicted molar refractivity (Wildman–Crippen MR) is 186 cm³/mol. The lowest BCUT2D eigenvalue weighted by Gasteiger charge is -2.42. The van der Waals surface area contributed by atoms with E-state index in [9.17, 15) is 19.8 Å². The van der Waals surface area contributed by atoms with E-state index in [1.165, 1.54) is 25.8 Å². The summed E-state index contributed by atoms with van der Waals surface area (Å²) in [4.78, 5) is 32.1. The molecule has 0 radical (unpaired) electrons. The van der Waals surface area contributed by atoms with Gasteiger partial charge in [-0.05, 0) is 47.9 Å². The van der Waals surface area contributed by atoms with Gasteiger partial charge < -0.3 is 38.8 Å². The van der Waals surface area contributed by atoms with E-state index in [0.29, 0.717) is 43.4 Å².